The van der Waals surface area contributed by atoms with E-state index in [9.17, 15) is 9.59 Å². The minimum absolute atomic E-state index is 0.139. The Balaban J connectivity index is 0.000000710. The Morgan fingerprint density at radius 3 is 2.63 bits per heavy atom. The van der Waals surface area contributed by atoms with Crippen molar-refractivity contribution in [2.24, 2.45) is 5.73 Å². The maximum absolute atomic E-state index is 13.3. The van der Waals surface area contributed by atoms with Gasteiger partial charge in [-0.15, -0.1) is 0 Å². The first-order valence-electron chi connectivity index (χ1n) is 13.6. The van der Waals surface area contributed by atoms with Crippen LogP contribution < -0.4 is 16.6 Å². The molecule has 1 aliphatic heterocycles. The van der Waals surface area contributed by atoms with Crippen LogP contribution >= 0.6 is 0 Å². The highest BCUT2D eigenvalue weighted by atomic mass is 16.7. The van der Waals surface area contributed by atoms with Crippen molar-refractivity contribution in [3.8, 4) is 11.4 Å². The second-order valence-electron chi connectivity index (χ2n) is 9.00. The van der Waals surface area contributed by atoms with Crippen molar-refractivity contribution in [1.29, 1.82) is 0 Å². The number of benzene rings is 1. The number of carbonyl (C=O) groups excluding carboxylic acids is 1. The van der Waals surface area contributed by atoms with Crippen LogP contribution in [0.5, 0.6) is 0 Å². The van der Waals surface area contributed by atoms with Crippen LogP contribution in [0.25, 0.3) is 33.2 Å². The molecular formula is C30H37N5O6. The van der Waals surface area contributed by atoms with Gasteiger partial charge in [0.1, 0.15) is 12.9 Å². The van der Waals surface area contributed by atoms with E-state index in [-0.39, 0.29) is 18.7 Å². The van der Waals surface area contributed by atoms with Crippen LogP contribution in [0.3, 0.4) is 0 Å². The smallest absolute Gasteiger partial charge is 0.450 e. The molecule has 1 aromatic carbocycles. The normalized spacial score (nSPS) is 11.1. The molecule has 0 fully saturated rings. The number of aromatic nitrogens is 3. The monoisotopic (exact) mass is 563 g/mol. The van der Waals surface area contributed by atoms with Crippen molar-refractivity contribution in [2.45, 2.75) is 46.8 Å². The number of hydrogen-bond donors (Lipinski definition) is 3. The van der Waals surface area contributed by atoms with Crippen LogP contribution in [0, 0.1) is 6.92 Å². The number of fused-ring (bicyclic) bond motifs is 6. The van der Waals surface area contributed by atoms with Crippen molar-refractivity contribution in [1.82, 2.24) is 19.9 Å². The molecule has 0 amide bonds. The SMILES string of the molecule is CC.CNCOCCCc1c2c(nc3ccc4ncccc4c13)-c1cc(C)c(COC(=O)O)c(=O)n1C2.NCC=O. The second-order valence-corrected chi connectivity index (χ2v) is 9.00. The summed E-state index contributed by atoms with van der Waals surface area (Å²) in [5.41, 5.74) is 10.9. The van der Waals surface area contributed by atoms with Crippen molar-refractivity contribution in [2.75, 3.05) is 26.9 Å². The van der Waals surface area contributed by atoms with Gasteiger partial charge in [0.2, 0.25) is 0 Å². The van der Waals surface area contributed by atoms with Crippen LogP contribution in [-0.4, -0.2) is 59.0 Å². The number of nitrogens with zero attached hydrogens (tertiary/aromatic N) is 3. The second kappa shape index (κ2) is 15.0. The zero-order valence-electron chi connectivity index (χ0n) is 23.9. The van der Waals surface area contributed by atoms with E-state index in [1.807, 2.05) is 45.2 Å². The Bertz CT molecular complexity index is 1580. The average Bonchev–Trinajstić information content (AvgIpc) is 3.35. The van der Waals surface area contributed by atoms with Gasteiger partial charge < -0.3 is 29.7 Å². The summed E-state index contributed by atoms with van der Waals surface area (Å²) >= 11 is 0. The number of carbonyl (C=O) groups is 2. The van der Waals surface area contributed by atoms with E-state index in [0.29, 0.717) is 37.3 Å². The predicted molar refractivity (Wildman–Crippen MR) is 158 cm³/mol. The molecule has 1 aliphatic rings. The molecule has 4 heterocycles. The Hall–Kier alpha value is -4.19. The van der Waals surface area contributed by atoms with Gasteiger partial charge in [0.25, 0.3) is 5.56 Å². The number of pyridine rings is 3. The van der Waals surface area contributed by atoms with Crippen molar-refractivity contribution in [3.63, 3.8) is 0 Å². The number of rotatable bonds is 9. The van der Waals surface area contributed by atoms with E-state index in [1.54, 1.807) is 17.7 Å². The first-order chi connectivity index (χ1) is 19.9. The number of aryl methyl sites for hydroxylation is 2. The van der Waals surface area contributed by atoms with Crippen LogP contribution in [0.2, 0.25) is 0 Å². The number of nitrogens with two attached hydrogens (primary N) is 1. The largest absolute Gasteiger partial charge is 0.506 e. The molecule has 4 aromatic rings. The van der Waals surface area contributed by atoms with Gasteiger partial charge in [-0.2, -0.15) is 0 Å². The van der Waals surface area contributed by atoms with Crippen molar-refractivity contribution in [3.05, 3.63) is 69.1 Å². The van der Waals surface area contributed by atoms with E-state index < -0.39 is 6.16 Å². The lowest BCUT2D eigenvalue weighted by atomic mass is 9.94. The summed E-state index contributed by atoms with van der Waals surface area (Å²) in [5.74, 6) is 0. The van der Waals surface area contributed by atoms with Gasteiger partial charge in [0, 0.05) is 35.7 Å². The Labute approximate surface area is 238 Å². The molecule has 0 saturated heterocycles. The molecule has 4 N–H and O–H groups in total. The molecular weight excluding hydrogens is 526 g/mol. The molecule has 0 bridgehead atoms. The third kappa shape index (κ3) is 6.94. The van der Waals surface area contributed by atoms with Gasteiger partial charge >= 0.3 is 6.16 Å². The topological polar surface area (TPSA) is 159 Å². The van der Waals surface area contributed by atoms with Crippen LogP contribution in [0.4, 0.5) is 4.79 Å². The molecule has 5 rings (SSSR count). The summed E-state index contributed by atoms with van der Waals surface area (Å²) in [5, 5.41) is 14.0. The maximum atomic E-state index is 13.3. The zero-order chi connectivity index (χ0) is 29.9. The number of ether oxygens (including phenoxy) is 2. The summed E-state index contributed by atoms with van der Waals surface area (Å²) in [6, 6.07) is 9.83. The van der Waals surface area contributed by atoms with E-state index >= 15 is 0 Å². The summed E-state index contributed by atoms with van der Waals surface area (Å²) < 4.78 is 12.0. The maximum Gasteiger partial charge on any atom is 0.506 e. The molecule has 3 aromatic heterocycles. The fourth-order valence-electron chi connectivity index (χ4n) is 4.85. The standard InChI is InChI=1S/C26H26N4O5.C2H5NO.C2H6/c1-15-11-22-24-18(12-30(22)25(31)19(15)13-35-26(32)33)16(6-4-10-34-14-27-2)23-17-5-3-9-28-20(17)7-8-21(23)29-24;3-1-2-4;1-2/h3,5,7-9,11,27H,4,6,10,12-14H2,1-2H3,(H,32,33);2H,1,3H2;1-2H3. The molecule has 0 saturated carbocycles. The molecule has 0 aliphatic carbocycles. The molecule has 11 nitrogen and oxygen atoms in total. The molecule has 218 valence electrons. The average molecular weight is 564 g/mol. The van der Waals surface area contributed by atoms with Crippen LogP contribution in [-0.2, 0) is 33.8 Å². The van der Waals surface area contributed by atoms with Crippen LogP contribution in [0.1, 0.15) is 42.5 Å². The fourth-order valence-corrected chi connectivity index (χ4v) is 4.85. The number of nitrogens with one attached hydrogen (secondary N) is 1. The predicted octanol–water partition coefficient (Wildman–Crippen LogP) is 3.77. The molecule has 41 heavy (non-hydrogen) atoms. The highest BCUT2D eigenvalue weighted by Crippen LogP contribution is 2.38. The van der Waals surface area contributed by atoms with E-state index in [4.69, 9.17) is 24.4 Å². The molecule has 11 heteroatoms. The lowest BCUT2D eigenvalue weighted by molar-refractivity contribution is -0.106. The minimum Gasteiger partial charge on any atom is -0.450 e. The third-order valence-corrected chi connectivity index (χ3v) is 6.53. The summed E-state index contributed by atoms with van der Waals surface area (Å²) in [6.45, 7) is 7.11. The van der Waals surface area contributed by atoms with E-state index in [1.165, 1.54) is 0 Å². The van der Waals surface area contributed by atoms with Crippen LogP contribution in [0.15, 0.2) is 41.3 Å². The molecule has 0 spiro atoms. The van der Waals surface area contributed by atoms with E-state index in [0.717, 1.165) is 57.2 Å². The van der Waals surface area contributed by atoms with Gasteiger partial charge in [-0.3, -0.25) is 15.1 Å². The quantitative estimate of drug-likeness (QED) is 0.0792. The summed E-state index contributed by atoms with van der Waals surface area (Å²) in [7, 11) is 1.84. The highest BCUT2D eigenvalue weighted by molar-refractivity contribution is 6.07. The first-order valence-corrected chi connectivity index (χ1v) is 13.6. The van der Waals surface area contributed by atoms with Gasteiger partial charge in [0.15, 0.2) is 0 Å². The number of aldehydes is 1. The lowest BCUT2D eigenvalue weighted by Crippen LogP contribution is -2.25. The summed E-state index contributed by atoms with van der Waals surface area (Å²) in [6.07, 6.45) is 2.59. The third-order valence-electron chi connectivity index (χ3n) is 6.53. The van der Waals surface area contributed by atoms with Crippen molar-refractivity contribution >= 4 is 34.2 Å². The van der Waals surface area contributed by atoms with Gasteiger partial charge in [-0.1, -0.05) is 19.9 Å². The van der Waals surface area contributed by atoms with Gasteiger partial charge in [0.05, 0.1) is 41.3 Å². The highest BCUT2D eigenvalue weighted by Gasteiger charge is 2.28. The lowest BCUT2D eigenvalue weighted by Gasteiger charge is -2.14. The van der Waals surface area contributed by atoms with E-state index in [2.05, 4.69) is 22.1 Å². The zero-order valence-corrected chi connectivity index (χ0v) is 23.9. The molecule has 0 unspecified atom stereocenters. The fraction of sp³-hybridized carbons (Fsp3) is 0.367. The number of hydrogen-bond acceptors (Lipinski definition) is 9. The Morgan fingerprint density at radius 2 is 1.95 bits per heavy atom. The Kier molecular flexibility index (Phi) is 11.5. The van der Waals surface area contributed by atoms with Gasteiger partial charge in [-0.05, 0) is 62.2 Å². The molecule has 0 atom stereocenters. The van der Waals surface area contributed by atoms with Gasteiger partial charge in [-0.25, -0.2) is 9.78 Å². The minimum atomic E-state index is -1.41. The van der Waals surface area contributed by atoms with Crippen molar-refractivity contribution < 1.29 is 24.2 Å². The first kappa shape index (κ1) is 31.3. The Morgan fingerprint density at radius 1 is 1.22 bits per heavy atom. The summed E-state index contributed by atoms with van der Waals surface area (Å²) in [4.78, 5) is 42.8. The number of carboxylic acid groups (broad SMARTS) is 1. The molecule has 0 radical (unpaired) electrons.